The average molecular weight is 229 g/mol. The molecule has 0 aliphatic carbocycles. The molecule has 0 saturated carbocycles. The first kappa shape index (κ1) is 10.2. The molecular weight excluding hydrogens is 212 g/mol. The summed E-state index contributed by atoms with van der Waals surface area (Å²) in [6, 6.07) is 15.5. The molecule has 0 nitrogen and oxygen atoms in total. The molecule has 1 heteroatoms. The summed E-state index contributed by atoms with van der Waals surface area (Å²) in [6.07, 6.45) is 2.90. The van der Waals surface area contributed by atoms with Crippen LogP contribution in [0.3, 0.4) is 0 Å². The van der Waals surface area contributed by atoms with E-state index in [0.29, 0.717) is 10.9 Å². The van der Waals surface area contributed by atoms with Gasteiger partial charge in [-0.25, -0.2) is 0 Å². The van der Waals surface area contributed by atoms with Crippen molar-refractivity contribution in [2.75, 3.05) is 11.5 Å². The second-order valence-electron chi connectivity index (χ2n) is 4.51. The average Bonchev–Trinajstić information content (AvgIpc) is 2.82. The summed E-state index contributed by atoms with van der Waals surface area (Å²) >= 11 is 0. The summed E-state index contributed by atoms with van der Waals surface area (Å²) in [5, 5.41) is 2.85. The number of hydrogen-bond acceptors (Lipinski definition) is 0. The Morgan fingerprint density at radius 2 is 1.62 bits per heavy atom. The van der Waals surface area contributed by atoms with Crippen LogP contribution in [-0.2, 0) is 16.6 Å². The summed E-state index contributed by atoms with van der Waals surface area (Å²) in [5.41, 5.74) is 1.56. The molecule has 3 rings (SSSR count). The summed E-state index contributed by atoms with van der Waals surface area (Å²) in [6.45, 7) is 0. The molecule has 0 amide bonds. The van der Waals surface area contributed by atoms with Crippen molar-refractivity contribution < 1.29 is 0 Å². The van der Waals surface area contributed by atoms with Gasteiger partial charge >= 0.3 is 0 Å². The van der Waals surface area contributed by atoms with Crippen LogP contribution in [0, 0.1) is 0 Å². The number of benzene rings is 2. The van der Waals surface area contributed by atoms with Crippen LogP contribution < -0.4 is 0 Å². The zero-order valence-electron chi connectivity index (χ0n) is 9.49. The molecule has 0 N–H and O–H groups in total. The van der Waals surface area contributed by atoms with Crippen LogP contribution >= 0.6 is 0 Å². The zero-order valence-corrected chi connectivity index (χ0v) is 10.3. The van der Waals surface area contributed by atoms with Gasteiger partial charge in [-0.15, -0.1) is 0 Å². The van der Waals surface area contributed by atoms with E-state index in [9.17, 15) is 0 Å². The van der Waals surface area contributed by atoms with E-state index in [2.05, 4.69) is 42.5 Å². The number of fused-ring (bicyclic) bond motifs is 1. The van der Waals surface area contributed by atoms with Gasteiger partial charge in [0, 0.05) is 5.56 Å². The lowest BCUT2D eigenvalue weighted by atomic mass is 10.1. The molecule has 2 aromatic rings. The molecule has 0 aromatic heterocycles. The van der Waals surface area contributed by atoms with E-state index in [4.69, 9.17) is 0 Å². The van der Waals surface area contributed by atoms with E-state index in [1.165, 1.54) is 40.9 Å². The topological polar surface area (TPSA) is 0 Å². The van der Waals surface area contributed by atoms with Crippen LogP contribution in [0.25, 0.3) is 10.8 Å². The number of rotatable bonds is 2. The largest absolute Gasteiger partial charge is 0.133 e. The maximum Gasteiger partial charge on any atom is 0.133 e. The highest BCUT2D eigenvalue weighted by Gasteiger charge is 2.24. The Balaban J connectivity index is 1.96. The van der Waals surface area contributed by atoms with E-state index < -0.39 is 0 Å². The molecule has 0 unspecified atom stereocenters. The zero-order chi connectivity index (χ0) is 10.8. The lowest BCUT2D eigenvalue weighted by Crippen LogP contribution is -2.06. The molecule has 0 bridgehead atoms. The summed E-state index contributed by atoms with van der Waals surface area (Å²) in [5.74, 6) is 4.23. The van der Waals surface area contributed by atoms with Gasteiger partial charge in [0.2, 0.25) is 0 Å². The van der Waals surface area contributed by atoms with Crippen molar-refractivity contribution in [2.24, 2.45) is 0 Å². The van der Waals surface area contributed by atoms with E-state index in [1.807, 2.05) is 0 Å². The standard InChI is InChI=1S/C15H17S/c1-2-9-15-13(6-1)7-5-8-14(15)12-16-10-3-4-11-16/h1-2,5-9H,3-4,10-12H2/q+1. The van der Waals surface area contributed by atoms with Gasteiger partial charge in [0.25, 0.3) is 0 Å². The summed E-state index contributed by atoms with van der Waals surface area (Å²) < 4.78 is 0. The molecule has 0 spiro atoms. The van der Waals surface area contributed by atoms with Crippen LogP contribution in [0.5, 0.6) is 0 Å². The maximum absolute atomic E-state index is 2.31. The minimum absolute atomic E-state index is 0.666. The van der Waals surface area contributed by atoms with E-state index in [-0.39, 0.29) is 0 Å². The third-order valence-electron chi connectivity index (χ3n) is 3.36. The maximum atomic E-state index is 2.31. The first-order valence-corrected chi connectivity index (χ1v) is 7.77. The smallest absolute Gasteiger partial charge is 0.0616 e. The molecule has 82 valence electrons. The van der Waals surface area contributed by atoms with Gasteiger partial charge in [-0.2, -0.15) is 0 Å². The monoisotopic (exact) mass is 229 g/mol. The molecule has 1 heterocycles. The Morgan fingerprint density at radius 3 is 2.50 bits per heavy atom. The van der Waals surface area contributed by atoms with Crippen molar-refractivity contribution in [1.29, 1.82) is 0 Å². The number of hydrogen-bond donors (Lipinski definition) is 0. The van der Waals surface area contributed by atoms with Gasteiger partial charge in [0.05, 0.1) is 0 Å². The lowest BCUT2D eigenvalue weighted by molar-refractivity contribution is 0.949. The third-order valence-corrected chi connectivity index (χ3v) is 5.81. The van der Waals surface area contributed by atoms with Gasteiger partial charge in [-0.05, 0) is 34.5 Å². The van der Waals surface area contributed by atoms with E-state index in [0.717, 1.165) is 0 Å². The van der Waals surface area contributed by atoms with Gasteiger partial charge in [-0.3, -0.25) is 0 Å². The summed E-state index contributed by atoms with van der Waals surface area (Å²) in [7, 11) is 0.666. The fourth-order valence-corrected chi connectivity index (χ4v) is 4.91. The van der Waals surface area contributed by atoms with Gasteiger partial charge < -0.3 is 0 Å². The van der Waals surface area contributed by atoms with Crippen LogP contribution in [0.2, 0.25) is 0 Å². The highest BCUT2D eigenvalue weighted by molar-refractivity contribution is 7.96. The van der Waals surface area contributed by atoms with E-state index >= 15 is 0 Å². The minimum atomic E-state index is 0.666. The molecule has 16 heavy (non-hydrogen) atoms. The molecule has 0 atom stereocenters. The highest BCUT2D eigenvalue weighted by Crippen LogP contribution is 2.24. The molecule has 0 radical (unpaired) electrons. The fraction of sp³-hybridized carbons (Fsp3) is 0.333. The van der Waals surface area contributed by atoms with Crippen LogP contribution in [0.4, 0.5) is 0 Å². The molecule has 1 aliphatic rings. The van der Waals surface area contributed by atoms with Gasteiger partial charge in [-0.1, -0.05) is 42.5 Å². The van der Waals surface area contributed by atoms with Crippen molar-refractivity contribution in [1.82, 2.24) is 0 Å². The quantitative estimate of drug-likeness (QED) is 0.688. The molecule has 2 aromatic carbocycles. The normalized spacial score (nSPS) is 17.0. The Labute approximate surface area is 100 Å². The van der Waals surface area contributed by atoms with Crippen molar-refractivity contribution >= 4 is 21.7 Å². The Bertz CT molecular complexity index is 478. The SMILES string of the molecule is c1ccc2c(C[S+]3CCCC3)cccc2c1. The third kappa shape index (κ3) is 1.97. The Hall–Kier alpha value is -0.950. The second kappa shape index (κ2) is 4.50. The van der Waals surface area contributed by atoms with Gasteiger partial charge in [0.1, 0.15) is 17.3 Å². The van der Waals surface area contributed by atoms with Crippen LogP contribution in [0.15, 0.2) is 42.5 Å². The Morgan fingerprint density at radius 1 is 0.875 bits per heavy atom. The predicted molar refractivity (Wildman–Crippen MR) is 74.0 cm³/mol. The van der Waals surface area contributed by atoms with Crippen molar-refractivity contribution in [3.8, 4) is 0 Å². The lowest BCUT2D eigenvalue weighted by Gasteiger charge is -2.05. The predicted octanol–water partition coefficient (Wildman–Crippen LogP) is 3.75. The van der Waals surface area contributed by atoms with Crippen molar-refractivity contribution in [3.63, 3.8) is 0 Å². The van der Waals surface area contributed by atoms with E-state index in [1.54, 1.807) is 5.56 Å². The first-order valence-electron chi connectivity index (χ1n) is 6.04. The van der Waals surface area contributed by atoms with Crippen molar-refractivity contribution in [2.45, 2.75) is 18.6 Å². The van der Waals surface area contributed by atoms with Gasteiger partial charge in [0.15, 0.2) is 0 Å². The Kier molecular flexibility index (Phi) is 2.88. The highest BCUT2D eigenvalue weighted by atomic mass is 32.2. The molecule has 1 saturated heterocycles. The summed E-state index contributed by atoms with van der Waals surface area (Å²) in [4.78, 5) is 0. The van der Waals surface area contributed by atoms with Crippen LogP contribution in [-0.4, -0.2) is 11.5 Å². The fourth-order valence-electron chi connectivity index (χ4n) is 2.50. The molecular formula is C15H17S+. The molecule has 1 aliphatic heterocycles. The minimum Gasteiger partial charge on any atom is -0.0616 e. The van der Waals surface area contributed by atoms with Crippen LogP contribution in [0.1, 0.15) is 18.4 Å². The van der Waals surface area contributed by atoms with Crippen molar-refractivity contribution in [3.05, 3.63) is 48.0 Å². The second-order valence-corrected chi connectivity index (χ2v) is 6.84. The molecule has 1 fully saturated rings. The first-order chi connectivity index (χ1) is 7.93.